The van der Waals surface area contributed by atoms with Gasteiger partial charge in [-0.25, -0.2) is 24.2 Å². The quantitative estimate of drug-likeness (QED) is 0.467. The van der Waals surface area contributed by atoms with Crippen molar-refractivity contribution in [2.45, 2.75) is 45.6 Å². The van der Waals surface area contributed by atoms with Gasteiger partial charge in [0.05, 0.1) is 24.3 Å². The number of carbonyl (C=O) groups excluding carboxylic acids is 1. The Labute approximate surface area is 211 Å². The van der Waals surface area contributed by atoms with E-state index in [4.69, 9.17) is 5.10 Å². The first-order valence-corrected chi connectivity index (χ1v) is 12.9. The molecule has 2 amide bonds. The van der Waals surface area contributed by atoms with Gasteiger partial charge in [-0.15, -0.1) is 0 Å². The van der Waals surface area contributed by atoms with Crippen LogP contribution >= 0.6 is 0 Å². The molecule has 0 radical (unpaired) electrons. The number of carbonyl (C=O) groups is 1. The van der Waals surface area contributed by atoms with Crippen LogP contribution in [0, 0.1) is 6.92 Å². The van der Waals surface area contributed by atoms with E-state index in [2.05, 4.69) is 10.3 Å². The normalized spacial score (nSPS) is 20.4. The summed E-state index contributed by atoms with van der Waals surface area (Å²) in [5, 5.41) is 21.2. The lowest BCUT2D eigenvalue weighted by molar-refractivity contribution is -0.214. The van der Waals surface area contributed by atoms with E-state index in [1.807, 2.05) is 74.9 Å². The monoisotopic (exact) mass is 512 g/mol. The molecule has 1 saturated heterocycles. The number of nitrogens with one attached hydrogen (secondary N) is 2. The summed E-state index contributed by atoms with van der Waals surface area (Å²) in [4.78, 5) is 16.0. The fourth-order valence-electron chi connectivity index (χ4n) is 3.76. The number of anilines is 1. The SMILES string of the molecule is Cc1ccc(NC([O-])=Nc2cc(C(C)(C)C)nn2C2C=CC(CN3N(C)C(=O)NS3(=O)=O)=CC2)cc1. The lowest BCUT2D eigenvalue weighted by Crippen LogP contribution is -2.38. The Hall–Kier alpha value is -3.64. The first-order chi connectivity index (χ1) is 16.8. The number of hydrogen-bond acceptors (Lipinski definition) is 6. The topological polar surface area (TPSA) is 135 Å². The van der Waals surface area contributed by atoms with Crippen LogP contribution in [0.2, 0.25) is 0 Å². The van der Waals surface area contributed by atoms with Gasteiger partial charge in [0.25, 0.3) is 0 Å². The Bertz CT molecular complexity index is 1350. The molecule has 0 saturated carbocycles. The van der Waals surface area contributed by atoms with Gasteiger partial charge in [0.15, 0.2) is 5.82 Å². The summed E-state index contributed by atoms with van der Waals surface area (Å²) in [5.74, 6) is 0.424. The van der Waals surface area contributed by atoms with Crippen LogP contribution in [0.15, 0.2) is 59.1 Å². The van der Waals surface area contributed by atoms with Crippen molar-refractivity contribution in [1.29, 1.82) is 0 Å². The van der Waals surface area contributed by atoms with Gasteiger partial charge in [0.2, 0.25) is 0 Å². The Balaban J connectivity index is 1.55. The van der Waals surface area contributed by atoms with Crippen molar-refractivity contribution < 1.29 is 18.3 Å². The smallest absolute Gasteiger partial charge is 0.347 e. The van der Waals surface area contributed by atoms with Gasteiger partial charge in [-0.1, -0.05) is 61.1 Å². The third-order valence-corrected chi connectivity index (χ3v) is 7.27. The molecule has 2 aliphatic rings. The molecule has 0 spiro atoms. The number of amidine groups is 1. The standard InChI is InChI=1S/C24H31N7O4S/c1-16-6-10-18(11-7-16)25-22(32)26-21-14-20(24(2,3)4)27-31(21)19-12-8-17(9-13-19)15-30-29(5)23(33)28-36(30,34)35/h6-12,14,19H,13,15H2,1-5H3,(H,28,33)(H2,25,26,32)/p-1. The number of aromatic nitrogens is 2. The van der Waals surface area contributed by atoms with Crippen molar-refractivity contribution in [3.63, 3.8) is 0 Å². The first kappa shape index (κ1) is 25.5. The van der Waals surface area contributed by atoms with Gasteiger partial charge in [-0.2, -0.15) is 13.5 Å². The number of benzene rings is 1. The molecule has 4 rings (SSSR count). The molecule has 1 aliphatic heterocycles. The van der Waals surface area contributed by atoms with E-state index in [0.29, 0.717) is 17.9 Å². The number of aliphatic imine (C=N–C) groups is 1. The van der Waals surface area contributed by atoms with Crippen LogP contribution in [0.25, 0.3) is 0 Å². The van der Waals surface area contributed by atoms with Crippen LogP contribution in [0.1, 0.15) is 44.5 Å². The Kier molecular flexibility index (Phi) is 6.67. The van der Waals surface area contributed by atoms with Crippen molar-refractivity contribution in [1.82, 2.24) is 23.9 Å². The third-order valence-electron chi connectivity index (χ3n) is 5.91. The third kappa shape index (κ3) is 5.44. The predicted molar refractivity (Wildman–Crippen MR) is 136 cm³/mol. The van der Waals surface area contributed by atoms with Gasteiger partial charge in [-0.3, -0.25) is 0 Å². The van der Waals surface area contributed by atoms with Crippen LogP contribution in [0.4, 0.5) is 16.3 Å². The molecule has 1 aliphatic carbocycles. The van der Waals surface area contributed by atoms with E-state index in [9.17, 15) is 18.3 Å². The van der Waals surface area contributed by atoms with Gasteiger partial charge in [-0.05, 0) is 31.1 Å². The van der Waals surface area contributed by atoms with Crippen molar-refractivity contribution in [2.24, 2.45) is 4.99 Å². The molecule has 1 fully saturated rings. The summed E-state index contributed by atoms with van der Waals surface area (Å²) < 4.78 is 29.0. The average molecular weight is 513 g/mol. The minimum Gasteiger partial charge on any atom is -0.846 e. The zero-order valence-electron chi connectivity index (χ0n) is 20.9. The molecule has 11 nitrogen and oxygen atoms in total. The Morgan fingerprint density at radius 1 is 1.28 bits per heavy atom. The lowest BCUT2D eigenvalue weighted by Gasteiger charge is -2.23. The molecule has 12 heteroatoms. The molecule has 0 bridgehead atoms. The van der Waals surface area contributed by atoms with E-state index in [1.54, 1.807) is 10.8 Å². The summed E-state index contributed by atoms with van der Waals surface area (Å²) in [6, 6.07) is 7.84. The number of allylic oxidation sites excluding steroid dienone is 2. The molecular weight excluding hydrogens is 482 g/mol. The van der Waals surface area contributed by atoms with E-state index >= 15 is 0 Å². The van der Waals surface area contributed by atoms with Crippen molar-refractivity contribution in [3.8, 4) is 0 Å². The molecule has 2 N–H and O–H groups in total. The summed E-state index contributed by atoms with van der Waals surface area (Å²) in [7, 11) is -2.51. The van der Waals surface area contributed by atoms with Crippen LogP contribution in [0.5, 0.6) is 0 Å². The fourth-order valence-corrected chi connectivity index (χ4v) is 4.94. The second-order valence-corrected chi connectivity index (χ2v) is 11.4. The molecule has 1 unspecified atom stereocenters. The summed E-state index contributed by atoms with van der Waals surface area (Å²) in [6.45, 7) is 8.09. The summed E-state index contributed by atoms with van der Waals surface area (Å²) >= 11 is 0. The highest BCUT2D eigenvalue weighted by atomic mass is 32.2. The highest BCUT2D eigenvalue weighted by molar-refractivity contribution is 7.88. The number of rotatable bonds is 5. The average Bonchev–Trinajstić information content (AvgIpc) is 3.30. The minimum absolute atomic E-state index is 0.0172. The molecule has 192 valence electrons. The van der Waals surface area contributed by atoms with Crippen molar-refractivity contribution in [3.05, 3.63) is 65.4 Å². The van der Waals surface area contributed by atoms with Crippen LogP contribution in [-0.2, 0) is 15.6 Å². The lowest BCUT2D eigenvalue weighted by atomic mass is 9.92. The van der Waals surface area contributed by atoms with Gasteiger partial charge >= 0.3 is 16.2 Å². The highest BCUT2D eigenvalue weighted by Gasteiger charge is 2.39. The second-order valence-electron chi connectivity index (χ2n) is 9.85. The summed E-state index contributed by atoms with van der Waals surface area (Å²) in [6.07, 6.45) is 6.10. The number of urea groups is 1. The van der Waals surface area contributed by atoms with Crippen molar-refractivity contribution >= 4 is 33.8 Å². The number of nitrogens with zero attached hydrogens (tertiary/aromatic N) is 5. The summed E-state index contributed by atoms with van der Waals surface area (Å²) in [5.41, 5.74) is 3.01. The molecular formula is C24H30N7O4S-. The maximum atomic E-state index is 12.7. The van der Waals surface area contributed by atoms with Gasteiger partial charge < -0.3 is 10.4 Å². The molecule has 1 atom stereocenters. The van der Waals surface area contributed by atoms with Crippen LogP contribution < -0.4 is 15.1 Å². The fraction of sp³-hybridized carbons (Fsp3) is 0.375. The highest BCUT2D eigenvalue weighted by Crippen LogP contribution is 2.31. The largest absolute Gasteiger partial charge is 0.846 e. The Morgan fingerprint density at radius 3 is 2.53 bits per heavy atom. The molecule has 1 aromatic carbocycles. The number of amides is 2. The van der Waals surface area contributed by atoms with E-state index in [0.717, 1.165) is 26.3 Å². The maximum absolute atomic E-state index is 12.7. The second kappa shape index (κ2) is 9.43. The van der Waals surface area contributed by atoms with Gasteiger partial charge in [0.1, 0.15) is 0 Å². The zero-order valence-corrected chi connectivity index (χ0v) is 21.7. The minimum atomic E-state index is -3.90. The number of aryl methyl sites for hydroxylation is 1. The zero-order chi connectivity index (χ0) is 26.3. The molecule has 2 aromatic rings. The van der Waals surface area contributed by atoms with Crippen molar-refractivity contribution in [2.75, 3.05) is 18.9 Å². The first-order valence-electron chi connectivity index (χ1n) is 11.5. The molecule has 1 aromatic heterocycles. The number of hydrazine groups is 1. The van der Waals surface area contributed by atoms with Gasteiger partial charge in [0, 0.05) is 24.2 Å². The van der Waals surface area contributed by atoms with Crippen LogP contribution in [0.3, 0.4) is 0 Å². The number of hydrogen-bond donors (Lipinski definition) is 2. The van der Waals surface area contributed by atoms with E-state index in [-0.39, 0.29) is 18.0 Å². The van der Waals surface area contributed by atoms with E-state index in [1.165, 1.54) is 7.05 Å². The molecule has 2 heterocycles. The molecule has 36 heavy (non-hydrogen) atoms. The Morgan fingerprint density at radius 2 is 1.97 bits per heavy atom. The van der Waals surface area contributed by atoms with E-state index < -0.39 is 22.3 Å². The van der Waals surface area contributed by atoms with Crippen LogP contribution in [-0.4, -0.2) is 53.3 Å². The maximum Gasteiger partial charge on any atom is 0.347 e. The predicted octanol–water partition coefficient (Wildman–Crippen LogP) is 2.49.